The third-order valence-electron chi connectivity index (χ3n) is 14.3. The van der Waals surface area contributed by atoms with Gasteiger partial charge < -0.3 is 4.74 Å². The minimum absolute atomic E-state index is 0.00104. The van der Waals surface area contributed by atoms with Crippen LogP contribution in [-0.4, -0.2) is 12.1 Å². The van der Waals surface area contributed by atoms with Gasteiger partial charge in [-0.05, 0) is 115 Å². The number of carbonyl (C=O) groups is 1. The fourth-order valence-electron chi connectivity index (χ4n) is 11.1. The summed E-state index contributed by atoms with van der Waals surface area (Å²) in [5, 5.41) is 0. The third-order valence-corrected chi connectivity index (χ3v) is 14.3. The van der Waals surface area contributed by atoms with Gasteiger partial charge in [0.05, 0.1) is 5.92 Å². The van der Waals surface area contributed by atoms with Gasteiger partial charge in [0.15, 0.2) is 0 Å². The van der Waals surface area contributed by atoms with Gasteiger partial charge in [-0.15, -0.1) is 0 Å². The van der Waals surface area contributed by atoms with Gasteiger partial charge in [-0.3, -0.25) is 4.79 Å². The molecule has 0 bridgehead atoms. The lowest BCUT2D eigenvalue weighted by Crippen LogP contribution is -2.65. The largest absolute Gasteiger partial charge is 0.461 e. The van der Waals surface area contributed by atoms with E-state index in [0.717, 1.165) is 24.7 Å². The van der Waals surface area contributed by atoms with E-state index in [1.54, 1.807) is 5.57 Å². The highest BCUT2D eigenvalue weighted by Crippen LogP contribution is 2.77. The number of hydrogen-bond acceptors (Lipinski definition) is 2. The molecule has 5 aliphatic carbocycles. The topological polar surface area (TPSA) is 26.3 Å². The van der Waals surface area contributed by atoms with E-state index in [9.17, 15) is 4.79 Å². The minimum atomic E-state index is -0.0692. The molecule has 5 rings (SSSR count). The summed E-state index contributed by atoms with van der Waals surface area (Å²) in [5.41, 5.74) is 3.77. The summed E-state index contributed by atoms with van der Waals surface area (Å²) in [5.74, 6) is 2.24. The van der Waals surface area contributed by atoms with Crippen molar-refractivity contribution in [1.82, 2.24) is 0 Å². The second kappa shape index (κ2) is 8.60. The summed E-state index contributed by atoms with van der Waals surface area (Å²) in [7, 11) is 0. The first-order chi connectivity index (χ1) is 17.0. The SMILES string of the molecule is CCC(C)C(=O)OC1CCC2C(=CCC3C2(C)CCC2(C)C4CC(C)(C)CCC4(C)CCC32C)C1(C)C. The molecule has 0 spiro atoms. The summed E-state index contributed by atoms with van der Waals surface area (Å²) >= 11 is 0. The smallest absolute Gasteiger partial charge is 0.308 e. The molecule has 0 amide bonds. The van der Waals surface area contributed by atoms with E-state index in [4.69, 9.17) is 4.74 Å². The minimum Gasteiger partial charge on any atom is -0.461 e. The summed E-state index contributed by atoms with van der Waals surface area (Å²) in [6.07, 6.45) is 16.8. The van der Waals surface area contributed by atoms with Gasteiger partial charge in [-0.25, -0.2) is 0 Å². The number of ether oxygens (including phenoxy) is 1. The van der Waals surface area contributed by atoms with Gasteiger partial charge in [0.25, 0.3) is 0 Å². The van der Waals surface area contributed by atoms with E-state index in [1.807, 2.05) is 6.92 Å². The van der Waals surface area contributed by atoms with Gasteiger partial charge >= 0.3 is 5.97 Å². The highest BCUT2D eigenvalue weighted by molar-refractivity contribution is 5.72. The molecule has 0 N–H and O–H groups in total. The van der Waals surface area contributed by atoms with Crippen molar-refractivity contribution in [3.63, 3.8) is 0 Å². The quantitative estimate of drug-likeness (QED) is 0.279. The maximum atomic E-state index is 12.8. The van der Waals surface area contributed by atoms with Crippen molar-refractivity contribution in [2.45, 2.75) is 146 Å². The maximum absolute atomic E-state index is 12.8. The van der Waals surface area contributed by atoms with Crippen LogP contribution in [0.15, 0.2) is 11.6 Å². The van der Waals surface area contributed by atoms with Crippen molar-refractivity contribution >= 4 is 5.97 Å². The van der Waals surface area contributed by atoms with E-state index in [0.29, 0.717) is 33.0 Å². The van der Waals surface area contributed by atoms with Gasteiger partial charge in [-0.1, -0.05) is 80.9 Å². The number of rotatable bonds is 3. The number of hydrogen-bond donors (Lipinski definition) is 0. The van der Waals surface area contributed by atoms with Gasteiger partial charge in [0, 0.05) is 5.41 Å². The highest BCUT2D eigenvalue weighted by atomic mass is 16.5. The Kier molecular flexibility index (Phi) is 6.46. The first-order valence-electron chi connectivity index (χ1n) is 16.0. The zero-order chi connectivity index (χ0) is 27.2. The molecule has 2 nitrogen and oxygen atoms in total. The monoisotopic (exact) mass is 510 g/mol. The number of esters is 1. The summed E-state index contributed by atoms with van der Waals surface area (Å²) in [6.45, 7) is 24.7. The van der Waals surface area contributed by atoms with Crippen LogP contribution in [0.4, 0.5) is 0 Å². The van der Waals surface area contributed by atoms with Crippen molar-refractivity contribution < 1.29 is 9.53 Å². The second-order valence-corrected chi connectivity index (χ2v) is 16.9. The van der Waals surface area contributed by atoms with Crippen molar-refractivity contribution in [2.75, 3.05) is 0 Å². The molecular weight excluding hydrogens is 452 g/mol. The molecule has 5 aliphatic rings. The Balaban J connectivity index is 1.47. The standard InChI is InChI=1S/C35H58O2/c1-11-23(2)29(36)37-28-15-13-25-24(31(28,5)6)12-14-26-33(25,8)19-21-35(10)27-22-30(3,4)16-17-32(27,7)18-20-34(26,35)9/h12,23,25-28H,11,13-22H2,1-10H3. The van der Waals surface area contributed by atoms with Crippen LogP contribution >= 0.6 is 0 Å². The van der Waals surface area contributed by atoms with E-state index in [1.165, 1.54) is 57.8 Å². The van der Waals surface area contributed by atoms with Crippen LogP contribution in [0.25, 0.3) is 0 Å². The van der Waals surface area contributed by atoms with E-state index in [2.05, 4.69) is 68.4 Å². The van der Waals surface area contributed by atoms with Crippen molar-refractivity contribution in [1.29, 1.82) is 0 Å². The van der Waals surface area contributed by atoms with Crippen LogP contribution in [-0.2, 0) is 9.53 Å². The Morgan fingerprint density at radius 3 is 2.19 bits per heavy atom. The Hall–Kier alpha value is -0.790. The number of allylic oxidation sites excluding steroid dienone is 1. The molecule has 4 saturated carbocycles. The molecular formula is C35H58O2. The zero-order valence-electron chi connectivity index (χ0n) is 26.1. The van der Waals surface area contributed by atoms with Gasteiger partial charge in [0.2, 0.25) is 0 Å². The van der Waals surface area contributed by atoms with Crippen LogP contribution in [0.3, 0.4) is 0 Å². The van der Waals surface area contributed by atoms with Crippen molar-refractivity contribution in [3.05, 3.63) is 11.6 Å². The summed E-state index contributed by atoms with van der Waals surface area (Å²) < 4.78 is 6.21. The van der Waals surface area contributed by atoms with Gasteiger partial charge in [-0.2, -0.15) is 0 Å². The molecule has 9 unspecified atom stereocenters. The summed E-state index contributed by atoms with van der Waals surface area (Å²) in [4.78, 5) is 12.8. The molecule has 0 aromatic rings. The van der Waals surface area contributed by atoms with Crippen molar-refractivity contribution in [2.24, 2.45) is 56.2 Å². The molecule has 0 aliphatic heterocycles. The molecule has 0 saturated heterocycles. The zero-order valence-corrected chi connectivity index (χ0v) is 26.1. The fourth-order valence-corrected chi connectivity index (χ4v) is 11.1. The van der Waals surface area contributed by atoms with Crippen LogP contribution in [0.5, 0.6) is 0 Å². The first kappa shape index (κ1) is 27.8. The lowest BCUT2D eigenvalue weighted by Gasteiger charge is -2.73. The Labute approximate surface area is 229 Å². The maximum Gasteiger partial charge on any atom is 0.308 e. The Morgan fingerprint density at radius 1 is 0.892 bits per heavy atom. The van der Waals surface area contributed by atoms with Crippen LogP contribution in [0.1, 0.15) is 140 Å². The molecule has 0 aromatic heterocycles. The van der Waals surface area contributed by atoms with Crippen LogP contribution < -0.4 is 0 Å². The van der Waals surface area contributed by atoms with Crippen LogP contribution in [0, 0.1) is 56.2 Å². The van der Waals surface area contributed by atoms with Crippen LogP contribution in [0.2, 0.25) is 0 Å². The first-order valence-corrected chi connectivity index (χ1v) is 16.0. The molecule has 0 heterocycles. The van der Waals surface area contributed by atoms with E-state index in [-0.39, 0.29) is 23.4 Å². The van der Waals surface area contributed by atoms with Crippen molar-refractivity contribution in [3.8, 4) is 0 Å². The molecule has 0 aromatic carbocycles. The lowest BCUT2D eigenvalue weighted by molar-refractivity contribution is -0.231. The van der Waals surface area contributed by atoms with Gasteiger partial charge in [0.1, 0.15) is 6.10 Å². The number of fused-ring (bicyclic) bond motifs is 7. The predicted octanol–water partition coefficient (Wildman–Crippen LogP) is 9.77. The normalized spacial score (nSPS) is 48.9. The third kappa shape index (κ3) is 3.87. The Morgan fingerprint density at radius 2 is 1.51 bits per heavy atom. The molecule has 9 atom stereocenters. The molecule has 210 valence electrons. The fraction of sp³-hybridized carbons (Fsp3) is 0.914. The summed E-state index contributed by atoms with van der Waals surface area (Å²) in [6, 6.07) is 0. The highest BCUT2D eigenvalue weighted by Gasteiger charge is 2.69. The average molecular weight is 511 g/mol. The lowest BCUT2D eigenvalue weighted by atomic mass is 9.31. The second-order valence-electron chi connectivity index (χ2n) is 16.9. The predicted molar refractivity (Wildman–Crippen MR) is 154 cm³/mol. The average Bonchev–Trinajstić information content (AvgIpc) is 2.83. The van der Waals surface area contributed by atoms with E-state index >= 15 is 0 Å². The number of carbonyl (C=O) groups excluding carboxylic acids is 1. The van der Waals surface area contributed by atoms with E-state index < -0.39 is 0 Å². The molecule has 0 radical (unpaired) electrons. The Bertz CT molecular complexity index is 958. The molecule has 37 heavy (non-hydrogen) atoms. The molecule has 4 fully saturated rings. The molecule has 2 heteroatoms.